The minimum Gasteiger partial charge on any atom is -0.460 e. The molecule has 0 atom stereocenters. The first-order valence-electron chi connectivity index (χ1n) is 9.61. The fraction of sp³-hybridized carbons (Fsp3) is 0.600. The molecule has 3 rings (SSSR count). The number of nitrogens with one attached hydrogen (secondary N) is 1. The molecule has 7 nitrogen and oxygen atoms in total. The maximum Gasteiger partial charge on any atom is 0.309 e. The standard InChI is InChI=1S/C20H28N4O3/c1-5-24-18-16(11-22-24)17(14(12-25)10-21-18)23-15-8-6-13(7-9-15)19(26)27-20(2,3)4/h10-13,15H,5-9H2,1-4H3,(H,21,23). The number of aromatic nitrogens is 3. The van der Waals surface area contributed by atoms with Crippen LogP contribution in [-0.4, -0.2) is 38.7 Å². The van der Waals surface area contributed by atoms with Crippen LogP contribution in [0.3, 0.4) is 0 Å². The number of carbonyl (C=O) groups excluding carboxylic acids is 2. The van der Waals surface area contributed by atoms with Gasteiger partial charge in [-0.05, 0) is 53.4 Å². The van der Waals surface area contributed by atoms with Crippen molar-refractivity contribution in [2.45, 2.75) is 71.6 Å². The van der Waals surface area contributed by atoms with Crippen molar-refractivity contribution >= 4 is 29.0 Å². The molecule has 1 N–H and O–H groups in total. The van der Waals surface area contributed by atoms with Gasteiger partial charge in [0.15, 0.2) is 11.9 Å². The highest BCUT2D eigenvalue weighted by Gasteiger charge is 2.30. The number of hydrogen-bond acceptors (Lipinski definition) is 6. The van der Waals surface area contributed by atoms with Crippen LogP contribution in [0.15, 0.2) is 12.4 Å². The van der Waals surface area contributed by atoms with Crippen LogP contribution >= 0.6 is 0 Å². The van der Waals surface area contributed by atoms with Gasteiger partial charge in [0.2, 0.25) is 0 Å². The molecule has 1 fully saturated rings. The van der Waals surface area contributed by atoms with Crippen molar-refractivity contribution in [2.24, 2.45) is 5.92 Å². The van der Waals surface area contributed by atoms with E-state index < -0.39 is 5.60 Å². The molecule has 27 heavy (non-hydrogen) atoms. The molecule has 0 aliphatic heterocycles. The van der Waals surface area contributed by atoms with Crippen LogP contribution < -0.4 is 5.32 Å². The largest absolute Gasteiger partial charge is 0.460 e. The first-order valence-corrected chi connectivity index (χ1v) is 9.61. The second-order valence-corrected chi connectivity index (χ2v) is 8.13. The Hall–Kier alpha value is -2.44. The number of hydrogen-bond donors (Lipinski definition) is 1. The lowest BCUT2D eigenvalue weighted by atomic mass is 9.85. The van der Waals surface area contributed by atoms with Gasteiger partial charge in [-0.1, -0.05) is 0 Å². The average molecular weight is 372 g/mol. The lowest BCUT2D eigenvalue weighted by Crippen LogP contribution is -2.34. The summed E-state index contributed by atoms with van der Waals surface area (Å²) >= 11 is 0. The smallest absolute Gasteiger partial charge is 0.309 e. The van der Waals surface area contributed by atoms with Crippen molar-refractivity contribution in [3.63, 3.8) is 0 Å². The molecule has 0 saturated heterocycles. The average Bonchev–Trinajstić information content (AvgIpc) is 3.04. The normalized spacial score (nSPS) is 20.4. The third-order valence-electron chi connectivity index (χ3n) is 4.94. The van der Waals surface area contributed by atoms with E-state index in [1.54, 1.807) is 12.4 Å². The first kappa shape index (κ1) is 19.3. The van der Waals surface area contributed by atoms with Crippen molar-refractivity contribution in [3.8, 4) is 0 Å². The molecule has 1 aliphatic rings. The van der Waals surface area contributed by atoms with Crippen LogP contribution in [-0.2, 0) is 16.1 Å². The SMILES string of the molecule is CCn1ncc2c(NC3CCC(C(=O)OC(C)(C)C)CC3)c(C=O)cnc21. The number of pyridine rings is 1. The summed E-state index contributed by atoms with van der Waals surface area (Å²) in [4.78, 5) is 28.2. The number of esters is 1. The Labute approximate surface area is 159 Å². The van der Waals surface area contributed by atoms with Gasteiger partial charge in [0, 0.05) is 18.8 Å². The van der Waals surface area contributed by atoms with E-state index in [1.165, 1.54) is 0 Å². The first-order chi connectivity index (χ1) is 12.8. The van der Waals surface area contributed by atoms with E-state index in [0.717, 1.165) is 55.2 Å². The van der Waals surface area contributed by atoms with E-state index in [-0.39, 0.29) is 17.9 Å². The number of ether oxygens (including phenoxy) is 1. The number of fused-ring (bicyclic) bond motifs is 1. The molecule has 1 aliphatic carbocycles. The number of rotatable bonds is 5. The molecule has 2 aromatic heterocycles. The van der Waals surface area contributed by atoms with Gasteiger partial charge in [-0.3, -0.25) is 9.59 Å². The van der Waals surface area contributed by atoms with Crippen LogP contribution in [0.2, 0.25) is 0 Å². The molecular weight excluding hydrogens is 344 g/mol. The predicted octanol–water partition coefficient (Wildman–Crippen LogP) is 3.58. The van der Waals surface area contributed by atoms with Crippen molar-refractivity contribution in [1.82, 2.24) is 14.8 Å². The van der Waals surface area contributed by atoms with E-state index in [4.69, 9.17) is 4.74 Å². The fourth-order valence-electron chi connectivity index (χ4n) is 3.59. The Morgan fingerprint density at radius 2 is 2.00 bits per heavy atom. The lowest BCUT2D eigenvalue weighted by Gasteiger charge is -2.31. The Balaban J connectivity index is 1.71. The molecule has 0 amide bonds. The van der Waals surface area contributed by atoms with E-state index in [9.17, 15) is 9.59 Å². The van der Waals surface area contributed by atoms with Crippen LogP contribution in [0.1, 0.15) is 63.7 Å². The summed E-state index contributed by atoms with van der Waals surface area (Å²) < 4.78 is 7.33. The number of carbonyl (C=O) groups is 2. The molecule has 1 saturated carbocycles. The minimum atomic E-state index is -0.451. The van der Waals surface area contributed by atoms with Gasteiger partial charge in [0.25, 0.3) is 0 Å². The maximum atomic E-state index is 12.3. The summed E-state index contributed by atoms with van der Waals surface area (Å²) in [5.74, 6) is -0.154. The molecule has 146 valence electrons. The summed E-state index contributed by atoms with van der Waals surface area (Å²) in [6.45, 7) is 8.41. The Morgan fingerprint density at radius 3 is 2.59 bits per heavy atom. The molecule has 0 radical (unpaired) electrons. The number of aldehydes is 1. The van der Waals surface area contributed by atoms with E-state index >= 15 is 0 Å². The highest BCUT2D eigenvalue weighted by atomic mass is 16.6. The molecule has 0 aromatic carbocycles. The Bertz CT molecular complexity index is 830. The van der Waals surface area contributed by atoms with Crippen LogP contribution in [0.4, 0.5) is 5.69 Å². The zero-order valence-electron chi connectivity index (χ0n) is 16.5. The monoisotopic (exact) mass is 372 g/mol. The second-order valence-electron chi connectivity index (χ2n) is 8.13. The van der Waals surface area contributed by atoms with E-state index in [1.807, 2.05) is 32.4 Å². The topological polar surface area (TPSA) is 86.1 Å². The molecule has 0 unspecified atom stereocenters. The summed E-state index contributed by atoms with van der Waals surface area (Å²) in [6.07, 6.45) is 7.45. The van der Waals surface area contributed by atoms with Gasteiger partial charge in [0.1, 0.15) is 5.60 Å². The summed E-state index contributed by atoms with van der Waals surface area (Å²) in [6, 6.07) is 0.206. The van der Waals surface area contributed by atoms with Gasteiger partial charge >= 0.3 is 5.97 Å². The molecule has 2 aromatic rings. The Morgan fingerprint density at radius 1 is 1.30 bits per heavy atom. The van der Waals surface area contributed by atoms with Crippen molar-refractivity contribution in [3.05, 3.63) is 18.0 Å². The molecule has 2 heterocycles. The van der Waals surface area contributed by atoms with E-state index in [0.29, 0.717) is 5.56 Å². The summed E-state index contributed by atoms with van der Waals surface area (Å²) in [5.41, 5.74) is 1.64. The van der Waals surface area contributed by atoms with Crippen LogP contribution in [0.5, 0.6) is 0 Å². The Kier molecular flexibility index (Phi) is 5.48. The van der Waals surface area contributed by atoms with Crippen molar-refractivity contribution < 1.29 is 14.3 Å². The van der Waals surface area contributed by atoms with Crippen molar-refractivity contribution in [2.75, 3.05) is 5.32 Å². The summed E-state index contributed by atoms with van der Waals surface area (Å²) in [5, 5.41) is 8.72. The predicted molar refractivity (Wildman–Crippen MR) is 104 cm³/mol. The van der Waals surface area contributed by atoms with Crippen molar-refractivity contribution in [1.29, 1.82) is 0 Å². The second kappa shape index (κ2) is 7.66. The number of anilines is 1. The quantitative estimate of drug-likeness (QED) is 0.638. The zero-order valence-corrected chi connectivity index (χ0v) is 16.5. The third-order valence-corrected chi connectivity index (χ3v) is 4.94. The lowest BCUT2D eigenvalue weighted by molar-refractivity contribution is -0.161. The van der Waals surface area contributed by atoms with Gasteiger partial charge in [-0.15, -0.1) is 0 Å². The van der Waals surface area contributed by atoms with Gasteiger partial charge in [-0.25, -0.2) is 9.67 Å². The third kappa shape index (κ3) is 4.28. The maximum absolute atomic E-state index is 12.3. The zero-order chi connectivity index (χ0) is 19.6. The van der Waals surface area contributed by atoms with Gasteiger partial charge in [-0.2, -0.15) is 5.10 Å². The fourth-order valence-corrected chi connectivity index (χ4v) is 3.59. The summed E-state index contributed by atoms with van der Waals surface area (Å²) in [7, 11) is 0. The number of nitrogens with zero attached hydrogens (tertiary/aromatic N) is 3. The van der Waals surface area contributed by atoms with Gasteiger partial charge < -0.3 is 10.1 Å². The molecule has 0 spiro atoms. The molecule has 7 heteroatoms. The molecular formula is C20H28N4O3. The minimum absolute atomic E-state index is 0.0480. The van der Waals surface area contributed by atoms with Crippen LogP contribution in [0, 0.1) is 5.92 Å². The van der Waals surface area contributed by atoms with E-state index in [2.05, 4.69) is 15.4 Å². The highest BCUT2D eigenvalue weighted by Crippen LogP contribution is 2.32. The molecule has 0 bridgehead atoms. The number of aryl methyl sites for hydroxylation is 1. The highest BCUT2D eigenvalue weighted by molar-refractivity contribution is 5.98. The van der Waals surface area contributed by atoms with Gasteiger partial charge in [0.05, 0.1) is 28.8 Å². The van der Waals surface area contributed by atoms with Crippen LogP contribution in [0.25, 0.3) is 11.0 Å².